The van der Waals surface area contributed by atoms with Crippen LogP contribution in [-0.4, -0.2) is 33.7 Å². The third kappa shape index (κ3) is 6.89. The molecule has 2 rings (SSSR count). The molecule has 158 valence electrons. The molecule has 0 saturated carbocycles. The lowest BCUT2D eigenvalue weighted by molar-refractivity contribution is -0.119. The molecule has 29 heavy (non-hydrogen) atoms. The van der Waals surface area contributed by atoms with Crippen LogP contribution in [0.1, 0.15) is 44.2 Å². The van der Waals surface area contributed by atoms with Crippen molar-refractivity contribution in [2.45, 2.75) is 39.5 Å². The highest BCUT2D eigenvalue weighted by molar-refractivity contribution is 7.92. The molecular weight excluding hydrogens is 384 g/mol. The van der Waals surface area contributed by atoms with E-state index >= 15 is 0 Å². The van der Waals surface area contributed by atoms with E-state index < -0.39 is 10.0 Å². The number of hydrogen-bond acceptors (Lipinski definition) is 3. The van der Waals surface area contributed by atoms with Crippen molar-refractivity contribution in [3.8, 4) is 0 Å². The van der Waals surface area contributed by atoms with E-state index in [4.69, 9.17) is 0 Å². The molecule has 1 N–H and O–H groups in total. The van der Waals surface area contributed by atoms with Gasteiger partial charge in [-0.05, 0) is 35.4 Å². The lowest BCUT2D eigenvalue weighted by Gasteiger charge is -2.26. The van der Waals surface area contributed by atoms with Gasteiger partial charge in [0.2, 0.25) is 15.9 Å². The summed E-state index contributed by atoms with van der Waals surface area (Å²) in [4.78, 5) is 12.6. The molecule has 0 heterocycles. The smallest absolute Gasteiger partial charge is 0.240 e. The lowest BCUT2D eigenvalue weighted by atomic mass is 9.97. The maximum absolute atomic E-state index is 12.6. The summed E-state index contributed by atoms with van der Waals surface area (Å²) < 4.78 is 26.1. The molecule has 0 aliphatic carbocycles. The zero-order valence-corrected chi connectivity index (χ0v) is 18.6. The minimum Gasteiger partial charge on any atom is -0.354 e. The normalized spacial score (nSPS) is 12.6. The quantitative estimate of drug-likeness (QED) is 0.637. The fourth-order valence-electron chi connectivity index (χ4n) is 3.34. The molecule has 0 aliphatic heterocycles. The predicted molar refractivity (Wildman–Crippen MR) is 120 cm³/mol. The van der Waals surface area contributed by atoms with Crippen molar-refractivity contribution < 1.29 is 13.2 Å². The van der Waals surface area contributed by atoms with Crippen LogP contribution in [0.15, 0.2) is 54.6 Å². The average molecular weight is 417 g/mol. The van der Waals surface area contributed by atoms with E-state index in [1.807, 2.05) is 44.2 Å². The fraction of sp³-hybridized carbons (Fsp3) is 0.435. The molecule has 0 aliphatic rings. The summed E-state index contributed by atoms with van der Waals surface area (Å²) >= 11 is 0. The van der Waals surface area contributed by atoms with Crippen LogP contribution >= 0.6 is 0 Å². The van der Waals surface area contributed by atoms with Gasteiger partial charge in [0.25, 0.3) is 0 Å². The zero-order valence-electron chi connectivity index (χ0n) is 17.8. The van der Waals surface area contributed by atoms with E-state index in [1.165, 1.54) is 9.87 Å². The highest BCUT2D eigenvalue weighted by atomic mass is 32.2. The predicted octanol–water partition coefficient (Wildman–Crippen LogP) is 3.96. The standard InChI is InChI=1S/C23H32N2O3S/c1-5-19(15-20-11-7-6-8-12-20)16-24-23(26)17-25(29(4,27)28)22-14-10-9-13-21(22)18(2)3/h6-14,18-19H,5,15-17H2,1-4H3,(H,24,26). The molecule has 6 heteroatoms. The van der Waals surface area contributed by atoms with Crippen LogP contribution in [0, 0.1) is 5.92 Å². The molecule has 2 aromatic carbocycles. The van der Waals surface area contributed by atoms with Gasteiger partial charge in [-0.3, -0.25) is 9.10 Å². The Morgan fingerprint density at radius 1 is 1.03 bits per heavy atom. The highest BCUT2D eigenvalue weighted by Crippen LogP contribution is 2.28. The highest BCUT2D eigenvalue weighted by Gasteiger charge is 2.24. The van der Waals surface area contributed by atoms with Crippen molar-refractivity contribution in [3.05, 3.63) is 65.7 Å². The number of sulfonamides is 1. The molecule has 0 aromatic heterocycles. The molecule has 0 spiro atoms. The Morgan fingerprint density at radius 2 is 1.66 bits per heavy atom. The van der Waals surface area contributed by atoms with Gasteiger partial charge < -0.3 is 5.32 Å². The maximum Gasteiger partial charge on any atom is 0.240 e. The Labute approximate surface area is 175 Å². The maximum atomic E-state index is 12.6. The largest absolute Gasteiger partial charge is 0.354 e. The number of nitrogens with one attached hydrogen (secondary N) is 1. The summed E-state index contributed by atoms with van der Waals surface area (Å²) in [5, 5.41) is 2.93. The van der Waals surface area contributed by atoms with Gasteiger partial charge in [-0.1, -0.05) is 75.7 Å². The van der Waals surface area contributed by atoms with E-state index in [2.05, 4.69) is 24.4 Å². The molecular formula is C23H32N2O3S. The van der Waals surface area contributed by atoms with E-state index in [1.54, 1.807) is 12.1 Å². The second-order valence-corrected chi connectivity index (χ2v) is 9.66. The van der Waals surface area contributed by atoms with Gasteiger partial charge >= 0.3 is 0 Å². The monoisotopic (exact) mass is 416 g/mol. The third-order valence-electron chi connectivity index (χ3n) is 5.05. The number of nitrogens with zero attached hydrogens (tertiary/aromatic N) is 1. The number of carbonyl (C=O) groups is 1. The number of amides is 1. The molecule has 0 saturated heterocycles. The molecule has 0 bridgehead atoms. The van der Waals surface area contributed by atoms with Gasteiger partial charge in [0.05, 0.1) is 11.9 Å². The van der Waals surface area contributed by atoms with Crippen molar-refractivity contribution >= 4 is 21.6 Å². The first-order valence-corrected chi connectivity index (χ1v) is 11.9. The second kappa shape index (κ2) is 10.4. The first kappa shape index (κ1) is 22.9. The van der Waals surface area contributed by atoms with Crippen molar-refractivity contribution in [1.82, 2.24) is 5.32 Å². The van der Waals surface area contributed by atoms with E-state index in [-0.39, 0.29) is 18.4 Å². The molecule has 1 atom stereocenters. The van der Waals surface area contributed by atoms with Crippen LogP contribution in [0.5, 0.6) is 0 Å². The summed E-state index contributed by atoms with van der Waals surface area (Å²) in [7, 11) is -3.59. The van der Waals surface area contributed by atoms with Gasteiger partial charge in [0.15, 0.2) is 0 Å². The summed E-state index contributed by atoms with van der Waals surface area (Å²) in [6.45, 7) is 6.42. The zero-order chi connectivity index (χ0) is 21.4. The van der Waals surface area contributed by atoms with Crippen LogP contribution in [0.25, 0.3) is 0 Å². The molecule has 0 fully saturated rings. The average Bonchev–Trinajstić information content (AvgIpc) is 2.69. The Bertz CT molecular complexity index is 895. The number of rotatable bonds is 10. The van der Waals surface area contributed by atoms with E-state index in [9.17, 15) is 13.2 Å². The first-order valence-electron chi connectivity index (χ1n) is 10.1. The summed E-state index contributed by atoms with van der Waals surface area (Å²) in [5.41, 5.74) is 2.70. The first-order chi connectivity index (χ1) is 13.7. The van der Waals surface area contributed by atoms with Crippen molar-refractivity contribution in [2.24, 2.45) is 5.92 Å². The fourth-order valence-corrected chi connectivity index (χ4v) is 4.21. The van der Waals surface area contributed by atoms with E-state index in [0.717, 1.165) is 24.7 Å². The minimum absolute atomic E-state index is 0.147. The Kier molecular flexibility index (Phi) is 8.26. The minimum atomic E-state index is -3.59. The second-order valence-electron chi connectivity index (χ2n) is 7.75. The molecule has 1 unspecified atom stereocenters. The van der Waals surface area contributed by atoms with Gasteiger partial charge in [-0.25, -0.2) is 8.42 Å². The summed E-state index contributed by atoms with van der Waals surface area (Å²) in [6, 6.07) is 17.5. The summed E-state index contributed by atoms with van der Waals surface area (Å²) in [5.74, 6) is 0.158. The van der Waals surface area contributed by atoms with Gasteiger partial charge in [0, 0.05) is 6.54 Å². The third-order valence-corrected chi connectivity index (χ3v) is 6.17. The Balaban J connectivity index is 2.07. The lowest BCUT2D eigenvalue weighted by Crippen LogP contribution is -2.42. The van der Waals surface area contributed by atoms with Crippen LogP contribution in [0.4, 0.5) is 5.69 Å². The molecule has 1 amide bonds. The number of hydrogen-bond donors (Lipinski definition) is 1. The van der Waals surface area contributed by atoms with Crippen molar-refractivity contribution in [3.63, 3.8) is 0 Å². The van der Waals surface area contributed by atoms with Crippen LogP contribution in [0.3, 0.4) is 0 Å². The SMILES string of the molecule is CCC(CNC(=O)CN(c1ccccc1C(C)C)S(C)(=O)=O)Cc1ccccc1. The van der Waals surface area contributed by atoms with Crippen LogP contribution in [-0.2, 0) is 21.2 Å². The molecule has 2 aromatic rings. The Morgan fingerprint density at radius 3 is 2.24 bits per heavy atom. The number of para-hydroxylation sites is 1. The van der Waals surface area contributed by atoms with Crippen LogP contribution in [0.2, 0.25) is 0 Å². The molecule has 5 nitrogen and oxygen atoms in total. The molecule has 0 radical (unpaired) electrons. The topological polar surface area (TPSA) is 66.5 Å². The van der Waals surface area contributed by atoms with Gasteiger partial charge in [0.1, 0.15) is 6.54 Å². The van der Waals surface area contributed by atoms with Gasteiger partial charge in [-0.15, -0.1) is 0 Å². The number of anilines is 1. The van der Waals surface area contributed by atoms with Crippen LogP contribution < -0.4 is 9.62 Å². The van der Waals surface area contributed by atoms with E-state index in [0.29, 0.717) is 18.2 Å². The number of carbonyl (C=O) groups excluding carboxylic acids is 1. The van der Waals surface area contributed by atoms with Crippen molar-refractivity contribution in [2.75, 3.05) is 23.7 Å². The van der Waals surface area contributed by atoms with Gasteiger partial charge in [-0.2, -0.15) is 0 Å². The summed E-state index contributed by atoms with van der Waals surface area (Å²) in [6.07, 6.45) is 2.95. The number of benzene rings is 2. The van der Waals surface area contributed by atoms with Crippen molar-refractivity contribution in [1.29, 1.82) is 0 Å². The Hall–Kier alpha value is -2.34.